The minimum absolute atomic E-state index is 0.0614. The van der Waals surface area contributed by atoms with Crippen LogP contribution in [-0.2, 0) is 10.5 Å². The van der Waals surface area contributed by atoms with Gasteiger partial charge in [-0.15, -0.1) is 23.5 Å². The Morgan fingerprint density at radius 3 is 1.49 bits per heavy atom. The van der Waals surface area contributed by atoms with Crippen molar-refractivity contribution in [1.29, 1.82) is 0 Å². The number of unbranched alkanes of at least 4 members (excludes halogenated alkanes) is 10. The fraction of sp³-hybridized carbons (Fsp3) is 0.538. The SMILES string of the molecule is CCCCCCCCOc1ccc(CC2(c3ccc(-c4ccc(OCCCCCCCC)cc4)cc3)SCCCS2)cc1. The summed E-state index contributed by atoms with van der Waals surface area (Å²) in [5.41, 5.74) is 5.31. The van der Waals surface area contributed by atoms with Crippen LogP contribution in [-0.4, -0.2) is 24.7 Å². The first-order valence-electron chi connectivity index (χ1n) is 17.1. The second kappa shape index (κ2) is 19.4. The van der Waals surface area contributed by atoms with Crippen molar-refractivity contribution >= 4 is 23.5 Å². The third-order valence-corrected chi connectivity index (χ3v) is 11.8. The summed E-state index contributed by atoms with van der Waals surface area (Å²) in [6.07, 6.45) is 17.8. The fourth-order valence-corrected chi connectivity index (χ4v) is 9.12. The molecule has 1 saturated heterocycles. The summed E-state index contributed by atoms with van der Waals surface area (Å²) in [7, 11) is 0. The van der Waals surface area contributed by atoms with Crippen LogP contribution in [0.3, 0.4) is 0 Å². The Hall–Kier alpha value is -2.04. The van der Waals surface area contributed by atoms with Gasteiger partial charge in [0, 0.05) is 6.42 Å². The summed E-state index contributed by atoms with van der Waals surface area (Å²) in [5.74, 6) is 4.41. The summed E-state index contributed by atoms with van der Waals surface area (Å²) in [6, 6.07) is 26.9. The number of hydrogen-bond acceptors (Lipinski definition) is 4. The third-order valence-electron chi connectivity index (χ3n) is 8.36. The Labute approximate surface area is 271 Å². The van der Waals surface area contributed by atoms with Crippen molar-refractivity contribution in [2.75, 3.05) is 24.7 Å². The van der Waals surface area contributed by atoms with Crippen molar-refractivity contribution in [1.82, 2.24) is 0 Å². The molecular formula is C39H54O2S2. The molecule has 1 heterocycles. The zero-order valence-corrected chi connectivity index (χ0v) is 28.4. The Morgan fingerprint density at radius 1 is 0.535 bits per heavy atom. The summed E-state index contributed by atoms with van der Waals surface area (Å²) in [4.78, 5) is 0. The highest BCUT2D eigenvalue weighted by Gasteiger charge is 2.35. The van der Waals surface area contributed by atoms with Crippen molar-refractivity contribution in [3.8, 4) is 22.6 Å². The lowest BCUT2D eigenvalue weighted by atomic mass is 9.99. The van der Waals surface area contributed by atoms with E-state index >= 15 is 0 Å². The summed E-state index contributed by atoms with van der Waals surface area (Å²) in [5, 5.41) is 0. The molecule has 0 amide bonds. The topological polar surface area (TPSA) is 18.5 Å². The molecule has 4 heteroatoms. The van der Waals surface area contributed by atoms with Crippen molar-refractivity contribution in [2.24, 2.45) is 0 Å². The zero-order valence-electron chi connectivity index (χ0n) is 26.8. The molecule has 2 nitrogen and oxygen atoms in total. The average Bonchev–Trinajstić information content (AvgIpc) is 3.05. The molecule has 0 bridgehead atoms. The van der Waals surface area contributed by atoms with Crippen LogP contribution in [0.15, 0.2) is 72.8 Å². The van der Waals surface area contributed by atoms with Crippen LogP contribution in [0, 0.1) is 0 Å². The van der Waals surface area contributed by atoms with Gasteiger partial charge in [0.25, 0.3) is 0 Å². The Kier molecular flexibility index (Phi) is 15.2. The van der Waals surface area contributed by atoms with E-state index in [1.807, 2.05) is 0 Å². The minimum Gasteiger partial charge on any atom is -0.494 e. The van der Waals surface area contributed by atoms with E-state index < -0.39 is 0 Å². The molecule has 0 atom stereocenters. The van der Waals surface area contributed by atoms with Crippen LogP contribution in [0.2, 0.25) is 0 Å². The highest BCUT2D eigenvalue weighted by Crippen LogP contribution is 2.52. The number of ether oxygens (including phenoxy) is 2. The standard InChI is InChI=1S/C39H54O2S2/c1-3-5-7-9-11-13-28-40-37-24-16-33(17-25-37)32-39(42-30-15-31-43-39)36-22-18-34(19-23-36)35-20-26-38(27-21-35)41-29-14-12-10-8-6-4-2/h16-27H,3-15,28-32H2,1-2H3. The highest BCUT2D eigenvalue weighted by atomic mass is 32.2. The first-order valence-corrected chi connectivity index (χ1v) is 19.0. The molecule has 0 spiro atoms. The Bertz CT molecular complexity index is 1140. The van der Waals surface area contributed by atoms with Gasteiger partial charge in [-0.05, 0) is 77.3 Å². The maximum Gasteiger partial charge on any atom is 0.119 e. The van der Waals surface area contributed by atoms with Crippen molar-refractivity contribution < 1.29 is 9.47 Å². The second-order valence-electron chi connectivity index (χ2n) is 12.0. The molecule has 234 valence electrons. The Morgan fingerprint density at radius 2 is 0.977 bits per heavy atom. The zero-order chi connectivity index (χ0) is 30.0. The lowest BCUT2D eigenvalue weighted by Gasteiger charge is -2.37. The summed E-state index contributed by atoms with van der Waals surface area (Å²) < 4.78 is 12.1. The number of rotatable bonds is 20. The number of hydrogen-bond donors (Lipinski definition) is 0. The largest absolute Gasteiger partial charge is 0.494 e. The van der Waals surface area contributed by atoms with Crippen LogP contribution in [0.5, 0.6) is 11.5 Å². The molecule has 0 unspecified atom stereocenters. The Balaban J connectivity index is 1.30. The molecule has 43 heavy (non-hydrogen) atoms. The lowest BCUT2D eigenvalue weighted by Crippen LogP contribution is -2.25. The second-order valence-corrected chi connectivity index (χ2v) is 15.0. The van der Waals surface area contributed by atoms with Crippen molar-refractivity contribution in [2.45, 2.75) is 108 Å². The first-order chi connectivity index (χ1) is 21.2. The molecule has 4 rings (SSSR count). The van der Waals surface area contributed by atoms with Gasteiger partial charge < -0.3 is 9.47 Å². The number of thioether (sulfide) groups is 2. The molecule has 1 aliphatic heterocycles. The molecule has 0 aliphatic carbocycles. The average molecular weight is 619 g/mol. The lowest BCUT2D eigenvalue weighted by molar-refractivity contribution is 0.304. The van der Waals surface area contributed by atoms with Gasteiger partial charge in [0.15, 0.2) is 0 Å². The van der Waals surface area contributed by atoms with Crippen LogP contribution in [0.1, 0.15) is 108 Å². The molecule has 0 radical (unpaired) electrons. The van der Waals surface area contributed by atoms with Gasteiger partial charge in [-0.3, -0.25) is 0 Å². The van der Waals surface area contributed by atoms with Crippen LogP contribution in [0.25, 0.3) is 11.1 Å². The molecule has 0 aromatic heterocycles. The summed E-state index contributed by atoms with van der Waals surface area (Å²) in [6.45, 7) is 6.17. The summed E-state index contributed by atoms with van der Waals surface area (Å²) >= 11 is 4.24. The van der Waals surface area contributed by atoms with Crippen molar-refractivity contribution in [3.63, 3.8) is 0 Å². The molecule has 0 saturated carbocycles. The van der Waals surface area contributed by atoms with E-state index in [-0.39, 0.29) is 4.08 Å². The molecule has 3 aromatic rings. The van der Waals surface area contributed by atoms with Crippen LogP contribution >= 0.6 is 23.5 Å². The van der Waals surface area contributed by atoms with E-state index in [0.29, 0.717) is 0 Å². The highest BCUT2D eigenvalue weighted by molar-refractivity contribution is 8.18. The van der Waals surface area contributed by atoms with Crippen LogP contribution < -0.4 is 9.47 Å². The monoisotopic (exact) mass is 618 g/mol. The van der Waals surface area contributed by atoms with Gasteiger partial charge >= 0.3 is 0 Å². The maximum atomic E-state index is 6.05. The quantitative estimate of drug-likeness (QED) is 0.117. The van der Waals surface area contributed by atoms with E-state index in [4.69, 9.17) is 9.47 Å². The first kappa shape index (κ1) is 33.8. The van der Waals surface area contributed by atoms with Gasteiger partial charge in [-0.2, -0.15) is 0 Å². The van der Waals surface area contributed by atoms with Gasteiger partial charge in [0.05, 0.1) is 17.3 Å². The van der Waals surface area contributed by atoms with E-state index in [9.17, 15) is 0 Å². The predicted molar refractivity (Wildman–Crippen MR) is 191 cm³/mol. The normalized spacial score (nSPS) is 14.5. The third kappa shape index (κ3) is 11.4. The smallest absolute Gasteiger partial charge is 0.119 e. The van der Waals surface area contributed by atoms with Gasteiger partial charge in [0.2, 0.25) is 0 Å². The van der Waals surface area contributed by atoms with Crippen molar-refractivity contribution in [3.05, 3.63) is 83.9 Å². The molecule has 1 aliphatic rings. The number of benzene rings is 3. The molecular weight excluding hydrogens is 565 g/mol. The van der Waals surface area contributed by atoms with Crippen LogP contribution in [0.4, 0.5) is 0 Å². The van der Waals surface area contributed by atoms with E-state index in [1.54, 1.807) is 0 Å². The van der Waals surface area contributed by atoms with Gasteiger partial charge in [0.1, 0.15) is 11.5 Å². The predicted octanol–water partition coefficient (Wildman–Crippen LogP) is 12.1. The van der Waals surface area contributed by atoms with E-state index in [0.717, 1.165) is 44.0 Å². The molecule has 3 aromatic carbocycles. The minimum atomic E-state index is 0.0614. The molecule has 0 N–H and O–H groups in total. The maximum absolute atomic E-state index is 6.05. The van der Waals surface area contributed by atoms with E-state index in [1.165, 1.54) is 104 Å². The fourth-order valence-electron chi connectivity index (χ4n) is 5.72. The van der Waals surface area contributed by atoms with E-state index in [2.05, 4.69) is 110 Å². The molecule has 1 fully saturated rings. The van der Waals surface area contributed by atoms with Gasteiger partial charge in [-0.1, -0.05) is 127 Å². The van der Waals surface area contributed by atoms with Gasteiger partial charge in [-0.25, -0.2) is 0 Å².